The van der Waals surface area contributed by atoms with Crippen molar-refractivity contribution in [1.82, 2.24) is 4.90 Å². The molecule has 1 aliphatic heterocycles. The smallest absolute Gasteiger partial charge is 0.126 e. The van der Waals surface area contributed by atoms with Crippen LogP contribution in [0.25, 0.3) is 0 Å². The fourth-order valence-electron chi connectivity index (χ4n) is 2.48. The molecule has 2 N–H and O–H groups in total. The fourth-order valence-corrected chi connectivity index (χ4v) is 2.48. The molecule has 18 heavy (non-hydrogen) atoms. The number of likely N-dealkylation sites (tertiary alicyclic amines) is 1. The van der Waals surface area contributed by atoms with E-state index >= 15 is 0 Å². The topological polar surface area (TPSA) is 29.3 Å². The van der Waals surface area contributed by atoms with Gasteiger partial charge in [-0.25, -0.2) is 4.39 Å². The SMILES string of the molecule is Cc1ccc(CN2CCCC(CN)C2)cc1F.Cl. The maximum Gasteiger partial charge on any atom is 0.126 e. The van der Waals surface area contributed by atoms with Crippen molar-refractivity contribution in [1.29, 1.82) is 0 Å². The van der Waals surface area contributed by atoms with E-state index < -0.39 is 0 Å². The second-order valence-corrected chi connectivity index (χ2v) is 5.06. The predicted molar refractivity (Wildman–Crippen MR) is 75.4 cm³/mol. The van der Waals surface area contributed by atoms with Gasteiger partial charge in [-0.2, -0.15) is 0 Å². The number of nitrogens with zero attached hydrogens (tertiary/aromatic N) is 1. The molecule has 0 aromatic heterocycles. The minimum atomic E-state index is -0.102. The Morgan fingerprint density at radius 2 is 2.22 bits per heavy atom. The summed E-state index contributed by atoms with van der Waals surface area (Å²) in [5, 5.41) is 0. The molecule has 1 aromatic rings. The molecule has 2 nitrogen and oxygen atoms in total. The summed E-state index contributed by atoms with van der Waals surface area (Å²) in [6.45, 7) is 5.55. The van der Waals surface area contributed by atoms with Gasteiger partial charge >= 0.3 is 0 Å². The van der Waals surface area contributed by atoms with Crippen molar-refractivity contribution in [3.8, 4) is 0 Å². The van der Waals surface area contributed by atoms with E-state index in [4.69, 9.17) is 5.73 Å². The standard InChI is InChI=1S/C14H21FN2.ClH/c1-11-4-5-12(7-14(11)15)9-17-6-2-3-13(8-16)10-17;/h4-5,7,13H,2-3,6,8-10,16H2,1H3;1H. The highest BCUT2D eigenvalue weighted by molar-refractivity contribution is 5.85. The number of halogens is 2. The van der Waals surface area contributed by atoms with Gasteiger partial charge in [-0.15, -0.1) is 12.4 Å². The molecule has 1 aliphatic rings. The summed E-state index contributed by atoms with van der Waals surface area (Å²) in [6.07, 6.45) is 2.44. The third-order valence-electron chi connectivity index (χ3n) is 3.58. The summed E-state index contributed by atoms with van der Waals surface area (Å²) >= 11 is 0. The highest BCUT2D eigenvalue weighted by Crippen LogP contribution is 2.18. The Labute approximate surface area is 115 Å². The lowest BCUT2D eigenvalue weighted by atomic mass is 9.98. The average molecular weight is 273 g/mol. The van der Waals surface area contributed by atoms with Crippen molar-refractivity contribution in [3.05, 3.63) is 35.1 Å². The molecule has 0 bridgehead atoms. The zero-order valence-electron chi connectivity index (χ0n) is 10.9. The molecular formula is C14H22ClFN2. The molecule has 0 radical (unpaired) electrons. The largest absolute Gasteiger partial charge is 0.330 e. The number of hydrogen-bond donors (Lipinski definition) is 1. The lowest BCUT2D eigenvalue weighted by Crippen LogP contribution is -2.37. The summed E-state index contributed by atoms with van der Waals surface area (Å²) in [5.74, 6) is 0.508. The van der Waals surface area contributed by atoms with Gasteiger partial charge in [0.05, 0.1) is 0 Å². The van der Waals surface area contributed by atoms with Crippen LogP contribution in [0, 0.1) is 18.7 Å². The molecule has 2 rings (SSSR count). The Morgan fingerprint density at radius 1 is 1.44 bits per heavy atom. The Morgan fingerprint density at radius 3 is 2.89 bits per heavy atom. The fraction of sp³-hybridized carbons (Fsp3) is 0.571. The first kappa shape index (κ1) is 15.4. The van der Waals surface area contributed by atoms with Gasteiger partial charge in [-0.05, 0) is 56.0 Å². The molecule has 102 valence electrons. The zero-order valence-corrected chi connectivity index (χ0v) is 11.7. The van der Waals surface area contributed by atoms with Crippen LogP contribution in [0.5, 0.6) is 0 Å². The van der Waals surface area contributed by atoms with Gasteiger partial charge in [0.1, 0.15) is 5.82 Å². The number of piperidine rings is 1. The maximum atomic E-state index is 13.4. The van der Waals surface area contributed by atoms with Crippen LogP contribution in [0.1, 0.15) is 24.0 Å². The van der Waals surface area contributed by atoms with E-state index in [1.807, 2.05) is 12.1 Å². The van der Waals surface area contributed by atoms with Crippen molar-refractivity contribution in [3.63, 3.8) is 0 Å². The van der Waals surface area contributed by atoms with E-state index in [0.29, 0.717) is 11.5 Å². The molecule has 1 aromatic carbocycles. The van der Waals surface area contributed by atoms with Gasteiger partial charge < -0.3 is 5.73 Å². The molecular weight excluding hydrogens is 251 g/mol. The van der Waals surface area contributed by atoms with E-state index in [-0.39, 0.29) is 18.2 Å². The lowest BCUT2D eigenvalue weighted by molar-refractivity contribution is 0.171. The van der Waals surface area contributed by atoms with Crippen LogP contribution in [0.4, 0.5) is 4.39 Å². The molecule has 1 fully saturated rings. The first-order chi connectivity index (χ1) is 8.19. The van der Waals surface area contributed by atoms with Crippen molar-refractivity contribution in [2.75, 3.05) is 19.6 Å². The average Bonchev–Trinajstić information content (AvgIpc) is 2.34. The van der Waals surface area contributed by atoms with Crippen LogP contribution >= 0.6 is 12.4 Å². The Balaban J connectivity index is 0.00000162. The molecule has 0 amide bonds. The summed E-state index contributed by atoms with van der Waals surface area (Å²) < 4.78 is 13.4. The maximum absolute atomic E-state index is 13.4. The van der Waals surface area contributed by atoms with Crippen molar-refractivity contribution >= 4 is 12.4 Å². The first-order valence-electron chi connectivity index (χ1n) is 6.36. The van der Waals surface area contributed by atoms with E-state index in [1.54, 1.807) is 13.0 Å². The van der Waals surface area contributed by atoms with E-state index in [2.05, 4.69) is 4.90 Å². The van der Waals surface area contributed by atoms with Crippen LogP contribution in [0.15, 0.2) is 18.2 Å². The summed E-state index contributed by atoms with van der Waals surface area (Å²) in [4.78, 5) is 2.38. The van der Waals surface area contributed by atoms with E-state index in [9.17, 15) is 4.39 Å². The Hall–Kier alpha value is -0.640. The second kappa shape index (κ2) is 7.07. The van der Waals surface area contributed by atoms with Crippen molar-refractivity contribution < 1.29 is 4.39 Å². The Bertz CT molecular complexity index is 384. The van der Waals surface area contributed by atoms with Crippen molar-refractivity contribution in [2.24, 2.45) is 11.7 Å². The molecule has 1 heterocycles. The van der Waals surface area contributed by atoms with Gasteiger partial charge in [-0.1, -0.05) is 12.1 Å². The molecule has 1 atom stereocenters. The second-order valence-electron chi connectivity index (χ2n) is 5.06. The summed E-state index contributed by atoms with van der Waals surface area (Å²) in [5.41, 5.74) is 7.49. The van der Waals surface area contributed by atoms with Crippen LogP contribution in [0.3, 0.4) is 0 Å². The monoisotopic (exact) mass is 272 g/mol. The van der Waals surface area contributed by atoms with Gasteiger partial charge in [0.15, 0.2) is 0 Å². The van der Waals surface area contributed by atoms with Gasteiger partial charge in [0.25, 0.3) is 0 Å². The molecule has 1 unspecified atom stereocenters. The molecule has 4 heteroatoms. The van der Waals surface area contributed by atoms with Gasteiger partial charge in [0, 0.05) is 13.1 Å². The lowest BCUT2D eigenvalue weighted by Gasteiger charge is -2.32. The first-order valence-corrected chi connectivity index (χ1v) is 6.36. The number of hydrogen-bond acceptors (Lipinski definition) is 2. The number of benzene rings is 1. The van der Waals surface area contributed by atoms with Crippen LogP contribution in [-0.4, -0.2) is 24.5 Å². The highest BCUT2D eigenvalue weighted by Gasteiger charge is 2.18. The summed E-state index contributed by atoms with van der Waals surface area (Å²) in [6, 6.07) is 5.53. The Kier molecular flexibility index (Phi) is 6.06. The molecule has 1 saturated heterocycles. The van der Waals surface area contributed by atoms with Gasteiger partial charge in [0.2, 0.25) is 0 Å². The number of aryl methyl sites for hydroxylation is 1. The predicted octanol–water partition coefficient (Wildman–Crippen LogP) is 2.73. The zero-order chi connectivity index (χ0) is 12.3. The van der Waals surface area contributed by atoms with Gasteiger partial charge in [-0.3, -0.25) is 4.90 Å². The minimum Gasteiger partial charge on any atom is -0.330 e. The number of rotatable bonds is 3. The molecule has 0 saturated carbocycles. The highest BCUT2D eigenvalue weighted by atomic mass is 35.5. The summed E-state index contributed by atoms with van der Waals surface area (Å²) in [7, 11) is 0. The van der Waals surface area contributed by atoms with Crippen LogP contribution < -0.4 is 5.73 Å². The molecule has 0 spiro atoms. The minimum absolute atomic E-state index is 0. The van der Waals surface area contributed by atoms with Crippen molar-refractivity contribution in [2.45, 2.75) is 26.3 Å². The van der Waals surface area contributed by atoms with E-state index in [0.717, 1.165) is 31.7 Å². The van der Waals surface area contributed by atoms with Crippen LogP contribution in [-0.2, 0) is 6.54 Å². The normalized spacial score (nSPS) is 20.5. The quantitative estimate of drug-likeness (QED) is 0.917. The number of nitrogens with two attached hydrogens (primary N) is 1. The third kappa shape index (κ3) is 3.94. The third-order valence-corrected chi connectivity index (χ3v) is 3.58. The molecule has 0 aliphatic carbocycles. The van der Waals surface area contributed by atoms with Crippen LogP contribution in [0.2, 0.25) is 0 Å². The van der Waals surface area contributed by atoms with E-state index in [1.165, 1.54) is 12.8 Å².